The quantitative estimate of drug-likeness (QED) is 0.740. The van der Waals surface area contributed by atoms with Crippen molar-refractivity contribution in [2.75, 3.05) is 0 Å². The van der Waals surface area contributed by atoms with Crippen LogP contribution in [0.25, 0.3) is 10.9 Å². The van der Waals surface area contributed by atoms with Crippen molar-refractivity contribution in [3.8, 4) is 0 Å². The minimum atomic E-state index is -0.0869. The predicted molar refractivity (Wildman–Crippen MR) is 83.4 cm³/mol. The van der Waals surface area contributed by atoms with Gasteiger partial charge in [0.1, 0.15) is 0 Å². The molecular weight excluding hydrogens is 262 g/mol. The number of pyridine rings is 1. The van der Waals surface area contributed by atoms with Crippen molar-refractivity contribution in [1.82, 2.24) is 14.5 Å². The molecule has 0 aliphatic heterocycles. The van der Waals surface area contributed by atoms with E-state index in [1.165, 1.54) is 0 Å². The van der Waals surface area contributed by atoms with Crippen LogP contribution < -0.4 is 5.56 Å². The number of rotatable bonds is 3. The lowest BCUT2D eigenvalue weighted by Gasteiger charge is -2.17. The van der Waals surface area contributed by atoms with Gasteiger partial charge in [0, 0.05) is 6.20 Å². The van der Waals surface area contributed by atoms with E-state index in [1.807, 2.05) is 50.2 Å². The smallest absolute Gasteiger partial charge is 0.261 e. The highest BCUT2D eigenvalue weighted by molar-refractivity contribution is 5.77. The highest BCUT2D eigenvalue weighted by atomic mass is 16.1. The fraction of sp³-hybridized carbons (Fsp3) is 0.235. The molecule has 2 heterocycles. The number of hydrogen-bond acceptors (Lipinski definition) is 3. The van der Waals surface area contributed by atoms with Crippen molar-refractivity contribution in [3.63, 3.8) is 0 Å². The van der Waals surface area contributed by atoms with Crippen molar-refractivity contribution in [2.24, 2.45) is 0 Å². The molecule has 2 aromatic heterocycles. The highest BCUT2D eigenvalue weighted by Crippen LogP contribution is 2.19. The molecule has 0 bridgehead atoms. The normalized spacial score (nSPS) is 12.5. The maximum absolute atomic E-state index is 12.7. The molecule has 3 aromatic rings. The molecule has 21 heavy (non-hydrogen) atoms. The van der Waals surface area contributed by atoms with Crippen LogP contribution in [0.3, 0.4) is 0 Å². The fourth-order valence-electron chi connectivity index (χ4n) is 2.59. The number of benzene rings is 1. The maximum Gasteiger partial charge on any atom is 0.261 e. The second kappa shape index (κ2) is 5.48. The van der Waals surface area contributed by atoms with Gasteiger partial charge in [-0.3, -0.25) is 14.3 Å². The first kappa shape index (κ1) is 13.5. The van der Waals surface area contributed by atoms with Crippen molar-refractivity contribution in [3.05, 3.63) is 70.5 Å². The van der Waals surface area contributed by atoms with Crippen LogP contribution in [-0.4, -0.2) is 14.5 Å². The summed E-state index contributed by atoms with van der Waals surface area (Å²) in [5, 5.41) is 0.659. The van der Waals surface area contributed by atoms with E-state index in [2.05, 4.69) is 9.97 Å². The maximum atomic E-state index is 12.7. The first-order valence-electron chi connectivity index (χ1n) is 7.09. The topological polar surface area (TPSA) is 47.8 Å². The van der Waals surface area contributed by atoms with Crippen LogP contribution in [0.15, 0.2) is 53.7 Å². The first-order chi connectivity index (χ1) is 10.2. The van der Waals surface area contributed by atoms with Crippen LogP contribution in [0, 0.1) is 6.92 Å². The summed E-state index contributed by atoms with van der Waals surface area (Å²) in [6.07, 6.45) is 4.17. The van der Waals surface area contributed by atoms with Crippen molar-refractivity contribution >= 4 is 10.9 Å². The van der Waals surface area contributed by atoms with E-state index in [0.717, 1.165) is 23.2 Å². The molecule has 3 rings (SSSR count). The van der Waals surface area contributed by atoms with E-state index < -0.39 is 0 Å². The fourth-order valence-corrected chi connectivity index (χ4v) is 2.59. The lowest BCUT2D eigenvalue weighted by Crippen LogP contribution is -2.26. The highest BCUT2D eigenvalue weighted by Gasteiger charge is 2.15. The lowest BCUT2D eigenvalue weighted by atomic mass is 10.1. The summed E-state index contributed by atoms with van der Waals surface area (Å²) in [7, 11) is 0. The summed E-state index contributed by atoms with van der Waals surface area (Å²) >= 11 is 0. The summed E-state index contributed by atoms with van der Waals surface area (Å²) in [5.41, 5.74) is 2.67. The van der Waals surface area contributed by atoms with Gasteiger partial charge in [-0.15, -0.1) is 0 Å². The van der Waals surface area contributed by atoms with E-state index in [9.17, 15) is 4.79 Å². The Labute approximate surface area is 123 Å². The van der Waals surface area contributed by atoms with Crippen LogP contribution in [0.1, 0.15) is 30.6 Å². The molecule has 0 amide bonds. The monoisotopic (exact) mass is 279 g/mol. The molecule has 0 spiro atoms. The van der Waals surface area contributed by atoms with Gasteiger partial charge >= 0.3 is 0 Å². The Bertz CT molecular complexity index is 824. The third-order valence-corrected chi connectivity index (χ3v) is 3.69. The van der Waals surface area contributed by atoms with Gasteiger partial charge in [0.25, 0.3) is 5.56 Å². The van der Waals surface area contributed by atoms with Crippen LogP contribution in [0.4, 0.5) is 0 Å². The Kier molecular flexibility index (Phi) is 3.52. The van der Waals surface area contributed by atoms with Gasteiger partial charge in [0.15, 0.2) is 0 Å². The van der Waals surface area contributed by atoms with Gasteiger partial charge in [-0.25, -0.2) is 4.98 Å². The minimum absolute atomic E-state index is 0.0128. The van der Waals surface area contributed by atoms with Crippen LogP contribution in [-0.2, 0) is 0 Å². The average Bonchev–Trinajstić information content (AvgIpc) is 2.52. The molecule has 4 nitrogen and oxygen atoms in total. The Hall–Kier alpha value is -2.49. The second-order valence-electron chi connectivity index (χ2n) is 5.16. The zero-order chi connectivity index (χ0) is 14.8. The summed E-state index contributed by atoms with van der Waals surface area (Å²) < 4.78 is 1.68. The minimum Gasteiger partial charge on any atom is -0.290 e. The summed E-state index contributed by atoms with van der Waals surface area (Å²) in [4.78, 5) is 21.5. The number of nitrogens with zero attached hydrogens (tertiary/aromatic N) is 3. The molecule has 0 radical (unpaired) electrons. The van der Waals surface area contributed by atoms with Crippen LogP contribution in [0.2, 0.25) is 0 Å². The molecule has 0 fully saturated rings. The Morgan fingerprint density at radius 2 is 2.05 bits per heavy atom. The molecular formula is C17H17N3O. The van der Waals surface area contributed by atoms with Crippen molar-refractivity contribution in [1.29, 1.82) is 0 Å². The van der Waals surface area contributed by atoms with Gasteiger partial charge in [-0.05, 0) is 37.6 Å². The largest absolute Gasteiger partial charge is 0.290 e. The average molecular weight is 279 g/mol. The molecule has 1 unspecified atom stereocenters. The zero-order valence-corrected chi connectivity index (χ0v) is 12.2. The molecule has 0 N–H and O–H groups in total. The van der Waals surface area contributed by atoms with Gasteiger partial charge in [0.2, 0.25) is 0 Å². The van der Waals surface area contributed by atoms with E-state index >= 15 is 0 Å². The van der Waals surface area contributed by atoms with E-state index in [4.69, 9.17) is 0 Å². The summed E-state index contributed by atoms with van der Waals surface area (Å²) in [5.74, 6) is 0. The Morgan fingerprint density at radius 3 is 2.76 bits per heavy atom. The third kappa shape index (κ3) is 2.44. The number of fused-ring (bicyclic) bond motifs is 1. The summed E-state index contributed by atoms with van der Waals surface area (Å²) in [6.45, 7) is 4.03. The zero-order valence-electron chi connectivity index (χ0n) is 12.2. The van der Waals surface area contributed by atoms with Crippen molar-refractivity contribution in [2.45, 2.75) is 26.3 Å². The van der Waals surface area contributed by atoms with Gasteiger partial charge in [-0.1, -0.05) is 24.6 Å². The van der Waals surface area contributed by atoms with Gasteiger partial charge in [0.05, 0.1) is 29.0 Å². The Morgan fingerprint density at radius 1 is 1.19 bits per heavy atom. The second-order valence-corrected chi connectivity index (χ2v) is 5.16. The van der Waals surface area contributed by atoms with Crippen LogP contribution >= 0.6 is 0 Å². The molecule has 0 aliphatic carbocycles. The molecule has 0 saturated heterocycles. The standard InChI is InChI=1S/C17H17N3O/c1-3-16(15-6-4-5-9-18-15)20-11-19-14-8-7-12(2)10-13(14)17(20)21/h4-11,16H,3H2,1-2H3. The molecule has 106 valence electrons. The van der Waals surface area contributed by atoms with E-state index in [0.29, 0.717) is 5.39 Å². The first-order valence-corrected chi connectivity index (χ1v) is 7.09. The van der Waals surface area contributed by atoms with E-state index in [-0.39, 0.29) is 11.6 Å². The molecule has 1 atom stereocenters. The lowest BCUT2D eigenvalue weighted by molar-refractivity contribution is 0.531. The van der Waals surface area contributed by atoms with Crippen molar-refractivity contribution < 1.29 is 0 Å². The number of aromatic nitrogens is 3. The molecule has 4 heteroatoms. The third-order valence-electron chi connectivity index (χ3n) is 3.69. The number of hydrogen-bond donors (Lipinski definition) is 0. The number of aryl methyl sites for hydroxylation is 1. The van der Waals surface area contributed by atoms with Gasteiger partial charge in [-0.2, -0.15) is 0 Å². The molecule has 0 aliphatic rings. The van der Waals surface area contributed by atoms with Gasteiger partial charge < -0.3 is 0 Å². The Balaban J connectivity index is 2.20. The molecule has 1 aromatic carbocycles. The SMILES string of the molecule is CCC(c1ccccn1)n1cnc2ccc(C)cc2c1=O. The van der Waals surface area contributed by atoms with E-state index in [1.54, 1.807) is 17.1 Å². The molecule has 0 saturated carbocycles. The predicted octanol–water partition coefficient (Wildman–Crippen LogP) is 3.10. The summed E-state index contributed by atoms with van der Waals surface area (Å²) in [6, 6.07) is 11.4. The van der Waals surface area contributed by atoms with Crippen LogP contribution in [0.5, 0.6) is 0 Å².